The highest BCUT2D eigenvalue weighted by molar-refractivity contribution is 7.88. The van der Waals surface area contributed by atoms with Crippen molar-refractivity contribution in [1.82, 2.24) is 19.3 Å². The topological polar surface area (TPSA) is 113 Å². The molecule has 138 valence electrons. The molecule has 0 bridgehead atoms. The molecule has 3 rings (SSSR count). The van der Waals surface area contributed by atoms with Crippen LogP contribution in [-0.2, 0) is 10.0 Å². The van der Waals surface area contributed by atoms with Crippen molar-refractivity contribution in [1.29, 1.82) is 0 Å². The van der Waals surface area contributed by atoms with E-state index < -0.39 is 16.0 Å². The van der Waals surface area contributed by atoms with Gasteiger partial charge in [-0.1, -0.05) is 6.42 Å². The predicted molar refractivity (Wildman–Crippen MR) is 95.1 cm³/mol. The average Bonchev–Trinajstić information content (AvgIpc) is 2.60. The first-order chi connectivity index (χ1) is 12.3. The van der Waals surface area contributed by atoms with Gasteiger partial charge in [-0.05, 0) is 31.9 Å². The highest BCUT2D eigenvalue weighted by Gasteiger charge is 2.32. The number of hydrogen-bond donors (Lipinski definition) is 1. The Labute approximate surface area is 152 Å². The van der Waals surface area contributed by atoms with Gasteiger partial charge in [0.05, 0.1) is 29.2 Å². The number of carboxylic acids is 1. The zero-order valence-electron chi connectivity index (χ0n) is 14.6. The van der Waals surface area contributed by atoms with Crippen LogP contribution in [0.2, 0.25) is 0 Å². The molecule has 3 heterocycles. The zero-order valence-corrected chi connectivity index (χ0v) is 15.4. The van der Waals surface area contributed by atoms with Crippen LogP contribution < -0.4 is 0 Å². The Balaban J connectivity index is 2.05. The highest BCUT2D eigenvalue weighted by Crippen LogP contribution is 2.33. The lowest BCUT2D eigenvalue weighted by Crippen LogP contribution is -2.38. The third-order valence-electron chi connectivity index (χ3n) is 4.36. The lowest BCUT2D eigenvalue weighted by atomic mass is 10.0. The van der Waals surface area contributed by atoms with Crippen LogP contribution >= 0.6 is 0 Å². The molecule has 0 aliphatic carbocycles. The van der Waals surface area contributed by atoms with Gasteiger partial charge in [0.2, 0.25) is 10.0 Å². The summed E-state index contributed by atoms with van der Waals surface area (Å²) in [5, 5.41) is 9.15. The van der Waals surface area contributed by atoms with Gasteiger partial charge in [-0.25, -0.2) is 23.2 Å². The molecule has 0 radical (unpaired) electrons. The van der Waals surface area contributed by atoms with Gasteiger partial charge >= 0.3 is 5.97 Å². The molecule has 26 heavy (non-hydrogen) atoms. The molecule has 2 aromatic rings. The van der Waals surface area contributed by atoms with Gasteiger partial charge in [0.1, 0.15) is 5.82 Å². The summed E-state index contributed by atoms with van der Waals surface area (Å²) in [6, 6.07) is 2.88. The van der Waals surface area contributed by atoms with Crippen LogP contribution in [0.4, 0.5) is 0 Å². The summed E-state index contributed by atoms with van der Waals surface area (Å²) in [5.41, 5.74) is 1.77. The van der Waals surface area contributed by atoms with Crippen LogP contribution in [0.3, 0.4) is 0 Å². The van der Waals surface area contributed by atoms with Gasteiger partial charge < -0.3 is 5.11 Å². The van der Waals surface area contributed by atoms with E-state index in [-0.39, 0.29) is 11.6 Å². The molecule has 0 spiro atoms. The SMILES string of the molecule is Cc1nc(-c2cncc(C(=O)O)c2)cc([C@H]2CCCCN2S(C)(=O)=O)n1. The quantitative estimate of drug-likeness (QED) is 0.868. The zero-order chi connectivity index (χ0) is 18.9. The maximum absolute atomic E-state index is 12.1. The van der Waals surface area contributed by atoms with E-state index in [9.17, 15) is 13.2 Å². The fourth-order valence-electron chi connectivity index (χ4n) is 3.20. The second kappa shape index (κ2) is 7.08. The average molecular weight is 376 g/mol. The third-order valence-corrected chi connectivity index (χ3v) is 5.65. The van der Waals surface area contributed by atoms with Crippen LogP contribution in [0.15, 0.2) is 24.5 Å². The first kappa shape index (κ1) is 18.4. The number of aromatic nitrogens is 3. The Morgan fingerprint density at radius 1 is 1.23 bits per heavy atom. The number of pyridine rings is 1. The molecule has 8 nitrogen and oxygen atoms in total. The first-order valence-electron chi connectivity index (χ1n) is 8.27. The molecule has 1 aliphatic rings. The van der Waals surface area contributed by atoms with E-state index in [1.165, 1.54) is 29.0 Å². The predicted octanol–water partition coefficient (Wildman–Crippen LogP) is 2.03. The van der Waals surface area contributed by atoms with E-state index >= 15 is 0 Å². The Bertz CT molecular complexity index is 946. The molecule has 0 saturated carbocycles. The largest absolute Gasteiger partial charge is 0.478 e. The number of aromatic carboxylic acids is 1. The summed E-state index contributed by atoms with van der Waals surface area (Å²) in [6.07, 6.45) is 6.45. The second-order valence-electron chi connectivity index (χ2n) is 6.38. The molecule has 0 unspecified atom stereocenters. The van der Waals surface area contributed by atoms with E-state index in [4.69, 9.17) is 5.11 Å². The van der Waals surface area contributed by atoms with Crippen molar-refractivity contribution in [3.63, 3.8) is 0 Å². The van der Waals surface area contributed by atoms with Crippen LogP contribution in [0, 0.1) is 6.92 Å². The Morgan fingerprint density at radius 2 is 2.00 bits per heavy atom. The van der Waals surface area contributed by atoms with Crippen LogP contribution in [0.5, 0.6) is 0 Å². The maximum atomic E-state index is 12.1. The Hall–Kier alpha value is -2.39. The molecule has 1 aliphatic heterocycles. The van der Waals surface area contributed by atoms with Crippen molar-refractivity contribution in [3.05, 3.63) is 41.6 Å². The van der Waals surface area contributed by atoms with Crippen molar-refractivity contribution >= 4 is 16.0 Å². The Morgan fingerprint density at radius 3 is 2.69 bits per heavy atom. The summed E-state index contributed by atoms with van der Waals surface area (Å²) in [5.74, 6) is -0.571. The number of sulfonamides is 1. The molecule has 1 saturated heterocycles. The van der Waals surface area contributed by atoms with E-state index in [1.54, 1.807) is 13.0 Å². The molecule has 9 heteroatoms. The second-order valence-corrected chi connectivity index (χ2v) is 8.31. The van der Waals surface area contributed by atoms with Gasteiger partial charge in [0.25, 0.3) is 0 Å². The van der Waals surface area contributed by atoms with Crippen molar-refractivity contribution in [2.24, 2.45) is 0 Å². The molecule has 0 aromatic carbocycles. The molecule has 1 fully saturated rings. The summed E-state index contributed by atoms with van der Waals surface area (Å²) in [7, 11) is -3.35. The number of hydrogen-bond acceptors (Lipinski definition) is 6. The van der Waals surface area contributed by atoms with Crippen LogP contribution in [0.25, 0.3) is 11.3 Å². The monoisotopic (exact) mass is 376 g/mol. The molecular formula is C17H20N4O4S. The van der Waals surface area contributed by atoms with E-state index in [0.29, 0.717) is 35.7 Å². The molecular weight excluding hydrogens is 356 g/mol. The van der Waals surface area contributed by atoms with Gasteiger partial charge in [-0.2, -0.15) is 4.31 Å². The lowest BCUT2D eigenvalue weighted by Gasteiger charge is -2.33. The van der Waals surface area contributed by atoms with E-state index in [2.05, 4.69) is 15.0 Å². The minimum Gasteiger partial charge on any atom is -0.478 e. The fourth-order valence-corrected chi connectivity index (χ4v) is 4.34. The molecule has 1 N–H and O–H groups in total. The van der Waals surface area contributed by atoms with Crippen LogP contribution in [-0.4, -0.2) is 51.6 Å². The van der Waals surface area contributed by atoms with Crippen molar-refractivity contribution in [3.8, 4) is 11.3 Å². The van der Waals surface area contributed by atoms with E-state index in [0.717, 1.165) is 12.8 Å². The van der Waals surface area contributed by atoms with Gasteiger partial charge in [0.15, 0.2) is 0 Å². The van der Waals surface area contributed by atoms with Crippen molar-refractivity contribution in [2.45, 2.75) is 32.2 Å². The number of carbonyl (C=O) groups is 1. The number of carboxylic acid groups (broad SMARTS) is 1. The molecule has 2 aromatic heterocycles. The van der Waals surface area contributed by atoms with Crippen molar-refractivity contribution in [2.75, 3.05) is 12.8 Å². The summed E-state index contributed by atoms with van der Waals surface area (Å²) in [6.45, 7) is 2.20. The first-order valence-corrected chi connectivity index (χ1v) is 10.1. The van der Waals surface area contributed by atoms with Crippen LogP contribution in [0.1, 0.15) is 47.2 Å². The summed E-state index contributed by atoms with van der Waals surface area (Å²) in [4.78, 5) is 24.0. The molecule has 0 amide bonds. The summed E-state index contributed by atoms with van der Waals surface area (Å²) >= 11 is 0. The molecule has 1 atom stereocenters. The minimum absolute atomic E-state index is 0.0655. The Kier molecular flexibility index (Phi) is 5.01. The smallest absolute Gasteiger partial charge is 0.337 e. The lowest BCUT2D eigenvalue weighted by molar-refractivity contribution is 0.0696. The van der Waals surface area contributed by atoms with Gasteiger partial charge in [-0.15, -0.1) is 0 Å². The van der Waals surface area contributed by atoms with E-state index in [1.807, 2.05) is 0 Å². The van der Waals surface area contributed by atoms with Gasteiger partial charge in [-0.3, -0.25) is 4.98 Å². The number of piperidine rings is 1. The number of aryl methyl sites for hydroxylation is 1. The number of rotatable bonds is 4. The van der Waals surface area contributed by atoms with Crippen molar-refractivity contribution < 1.29 is 18.3 Å². The summed E-state index contributed by atoms with van der Waals surface area (Å²) < 4.78 is 25.8. The fraction of sp³-hybridized carbons (Fsp3) is 0.412. The normalized spacial score (nSPS) is 18.6. The highest BCUT2D eigenvalue weighted by atomic mass is 32.2. The van der Waals surface area contributed by atoms with Gasteiger partial charge in [0, 0.05) is 24.5 Å². The number of nitrogens with zero attached hydrogens (tertiary/aromatic N) is 4. The third kappa shape index (κ3) is 3.88. The standard InChI is InChI=1S/C17H20N4O4S/c1-11-19-14(12-7-13(17(22)23)10-18-9-12)8-15(20-11)16-5-3-4-6-21(16)26(2,24)25/h7-10,16H,3-6H2,1-2H3,(H,22,23)/t16-/m1/s1. The minimum atomic E-state index is -3.35. The maximum Gasteiger partial charge on any atom is 0.337 e.